The molecule has 6 nitrogen and oxygen atoms in total. The average Bonchev–Trinajstić information content (AvgIpc) is 3.79. The van der Waals surface area contributed by atoms with E-state index in [1.54, 1.807) is 0 Å². The first kappa shape index (κ1) is 31.8. The van der Waals surface area contributed by atoms with Crippen LogP contribution in [0.25, 0.3) is 99.5 Å². The van der Waals surface area contributed by atoms with Crippen LogP contribution in [0.3, 0.4) is 0 Å². The fourth-order valence-corrected chi connectivity index (χ4v) is 8.41. The van der Waals surface area contributed by atoms with Crippen molar-refractivity contribution in [2.75, 3.05) is 0 Å². The maximum atomic E-state index is 4.58. The Morgan fingerprint density at radius 2 is 0.714 bits per heavy atom. The highest BCUT2D eigenvalue weighted by Crippen LogP contribution is 2.40. The van der Waals surface area contributed by atoms with E-state index in [2.05, 4.69) is 163 Å². The second-order valence-corrected chi connectivity index (χ2v) is 14.0. The van der Waals surface area contributed by atoms with Crippen LogP contribution in [0.1, 0.15) is 0 Å². The van der Waals surface area contributed by atoms with E-state index in [1.165, 1.54) is 11.1 Å². The molecule has 262 valence electrons. The van der Waals surface area contributed by atoms with Gasteiger partial charge in [-0.05, 0) is 100 Å². The van der Waals surface area contributed by atoms with E-state index in [0.717, 1.165) is 88.4 Å². The number of nitrogens with zero attached hydrogens (tertiary/aromatic N) is 6. The molecule has 0 aliphatic heterocycles. The molecule has 6 aromatic heterocycles. The minimum Gasteiger partial charge on any atom is -0.309 e. The molecular formula is C50H32N6. The number of rotatable bonds is 6. The first-order valence-electron chi connectivity index (χ1n) is 18.7. The fourth-order valence-electron chi connectivity index (χ4n) is 8.41. The Balaban J connectivity index is 1.06. The van der Waals surface area contributed by atoms with Gasteiger partial charge in [0.15, 0.2) is 0 Å². The third-order valence-corrected chi connectivity index (χ3v) is 10.9. The summed E-state index contributed by atoms with van der Waals surface area (Å²) in [4.78, 5) is 17.9. The molecule has 0 N–H and O–H groups in total. The number of hydrogen-bond acceptors (Lipinski definition) is 4. The van der Waals surface area contributed by atoms with Gasteiger partial charge in [0.05, 0.1) is 22.1 Å². The quantitative estimate of drug-likeness (QED) is 0.172. The van der Waals surface area contributed by atoms with Crippen LogP contribution in [-0.2, 0) is 0 Å². The van der Waals surface area contributed by atoms with E-state index in [4.69, 9.17) is 0 Å². The molecule has 11 aromatic rings. The van der Waals surface area contributed by atoms with Gasteiger partial charge in [-0.3, -0.25) is 19.9 Å². The van der Waals surface area contributed by atoms with E-state index < -0.39 is 0 Å². The molecule has 0 unspecified atom stereocenters. The molecule has 0 saturated carbocycles. The maximum absolute atomic E-state index is 4.58. The zero-order valence-corrected chi connectivity index (χ0v) is 30.2. The third kappa shape index (κ3) is 5.11. The van der Waals surface area contributed by atoms with Gasteiger partial charge in [0.1, 0.15) is 0 Å². The summed E-state index contributed by atoms with van der Waals surface area (Å²) >= 11 is 0. The minimum atomic E-state index is 1.07. The van der Waals surface area contributed by atoms with Crippen LogP contribution < -0.4 is 0 Å². The first-order valence-corrected chi connectivity index (χ1v) is 18.7. The van der Waals surface area contributed by atoms with Crippen LogP contribution in [0.15, 0.2) is 195 Å². The van der Waals surface area contributed by atoms with Gasteiger partial charge < -0.3 is 9.13 Å². The zero-order valence-electron chi connectivity index (χ0n) is 30.2. The SMILES string of the molecule is c1cncc(-c2ccccc2-c2ccc3c(c2)c2cnccc2n3-c2cccc(-n3c4ccncc4c4cc(-c5ccccc5-c5cccnc5)ccc43)c2)c1. The minimum absolute atomic E-state index is 1.07. The molecule has 0 radical (unpaired) electrons. The lowest BCUT2D eigenvalue weighted by Crippen LogP contribution is -1.98. The summed E-state index contributed by atoms with van der Waals surface area (Å²) in [6, 6.07) is 51.9. The molecule has 0 saturated heterocycles. The van der Waals surface area contributed by atoms with Crippen molar-refractivity contribution in [3.63, 3.8) is 0 Å². The van der Waals surface area contributed by atoms with E-state index in [9.17, 15) is 0 Å². The second-order valence-electron chi connectivity index (χ2n) is 14.0. The summed E-state index contributed by atoms with van der Waals surface area (Å²) in [7, 11) is 0. The largest absolute Gasteiger partial charge is 0.309 e. The molecule has 5 aromatic carbocycles. The maximum Gasteiger partial charge on any atom is 0.0571 e. The van der Waals surface area contributed by atoms with Crippen molar-refractivity contribution in [1.29, 1.82) is 0 Å². The van der Waals surface area contributed by atoms with Gasteiger partial charge in [-0.25, -0.2) is 0 Å². The molecular weight excluding hydrogens is 685 g/mol. The normalized spacial score (nSPS) is 11.6. The van der Waals surface area contributed by atoms with E-state index in [1.807, 2.05) is 61.7 Å². The van der Waals surface area contributed by atoms with Crippen molar-refractivity contribution >= 4 is 43.6 Å². The summed E-state index contributed by atoms with van der Waals surface area (Å²) in [5.74, 6) is 0. The Labute approximate surface area is 322 Å². The van der Waals surface area contributed by atoms with Crippen LogP contribution >= 0.6 is 0 Å². The molecule has 6 heteroatoms. The van der Waals surface area contributed by atoms with Crippen molar-refractivity contribution in [3.8, 4) is 55.9 Å². The number of benzene rings is 5. The highest BCUT2D eigenvalue weighted by atomic mass is 15.0. The lowest BCUT2D eigenvalue weighted by atomic mass is 9.94. The molecule has 0 fully saturated rings. The summed E-state index contributed by atoms with van der Waals surface area (Å²) in [5.41, 5.74) is 15.7. The Hall–Kier alpha value is -7.70. The van der Waals surface area contributed by atoms with Gasteiger partial charge in [-0.15, -0.1) is 0 Å². The Bertz CT molecular complexity index is 3040. The molecule has 0 aliphatic carbocycles. The smallest absolute Gasteiger partial charge is 0.0571 e. The summed E-state index contributed by atoms with van der Waals surface area (Å²) < 4.78 is 4.71. The molecule has 0 aliphatic rings. The molecule has 11 rings (SSSR count). The van der Waals surface area contributed by atoms with Crippen molar-refractivity contribution in [3.05, 3.63) is 195 Å². The number of pyridine rings is 4. The van der Waals surface area contributed by atoms with Crippen molar-refractivity contribution in [2.45, 2.75) is 0 Å². The number of aromatic nitrogens is 6. The first-order chi connectivity index (χ1) is 27.8. The van der Waals surface area contributed by atoms with Crippen LogP contribution in [0.5, 0.6) is 0 Å². The molecule has 0 amide bonds. The van der Waals surface area contributed by atoms with Crippen LogP contribution in [0.2, 0.25) is 0 Å². The topological polar surface area (TPSA) is 61.4 Å². The fraction of sp³-hybridized carbons (Fsp3) is 0. The standard InChI is InChI=1S/C50H32N6/c1-3-14-41(35-8-6-22-51-29-35)39(12-1)33-16-18-47-43(26-33)45-31-53-24-20-49(45)55(47)37-10-5-11-38(28-37)56-48-19-17-34(27-44(48)46-32-54-25-21-50(46)56)40-13-2-4-15-42(40)36-9-7-23-52-30-36/h1-32H. The monoisotopic (exact) mass is 716 g/mol. The predicted octanol–water partition coefficient (Wildman–Crippen LogP) is 12.1. The molecule has 56 heavy (non-hydrogen) atoms. The van der Waals surface area contributed by atoms with Crippen molar-refractivity contribution in [2.24, 2.45) is 0 Å². The second kappa shape index (κ2) is 13.0. The van der Waals surface area contributed by atoms with Gasteiger partial charge in [0, 0.05) is 93.6 Å². The summed E-state index contributed by atoms with van der Waals surface area (Å²) in [6.07, 6.45) is 15.2. The predicted molar refractivity (Wildman–Crippen MR) is 228 cm³/mol. The number of hydrogen-bond donors (Lipinski definition) is 0. The summed E-state index contributed by atoms with van der Waals surface area (Å²) in [6.45, 7) is 0. The van der Waals surface area contributed by atoms with Crippen molar-refractivity contribution < 1.29 is 0 Å². The lowest BCUT2D eigenvalue weighted by Gasteiger charge is -2.14. The highest BCUT2D eigenvalue weighted by molar-refractivity contribution is 6.12. The molecule has 0 spiro atoms. The van der Waals surface area contributed by atoms with Crippen LogP contribution in [0.4, 0.5) is 0 Å². The highest BCUT2D eigenvalue weighted by Gasteiger charge is 2.18. The van der Waals surface area contributed by atoms with E-state index >= 15 is 0 Å². The Kier molecular flexibility index (Phi) is 7.38. The molecule has 0 atom stereocenters. The third-order valence-electron chi connectivity index (χ3n) is 10.9. The average molecular weight is 717 g/mol. The van der Waals surface area contributed by atoms with Gasteiger partial charge in [0.2, 0.25) is 0 Å². The Morgan fingerprint density at radius 3 is 1.16 bits per heavy atom. The van der Waals surface area contributed by atoms with Crippen LogP contribution in [-0.4, -0.2) is 29.1 Å². The Morgan fingerprint density at radius 1 is 0.286 bits per heavy atom. The van der Waals surface area contributed by atoms with Crippen molar-refractivity contribution in [1.82, 2.24) is 29.1 Å². The zero-order chi connectivity index (χ0) is 37.0. The van der Waals surface area contributed by atoms with E-state index in [0.29, 0.717) is 0 Å². The van der Waals surface area contributed by atoms with Gasteiger partial charge in [-0.1, -0.05) is 78.9 Å². The number of fused-ring (bicyclic) bond motifs is 6. The molecule has 0 bridgehead atoms. The van der Waals surface area contributed by atoms with Crippen LogP contribution in [0, 0.1) is 0 Å². The van der Waals surface area contributed by atoms with Gasteiger partial charge in [0.25, 0.3) is 0 Å². The molecule has 6 heterocycles. The van der Waals surface area contributed by atoms with Gasteiger partial charge in [-0.2, -0.15) is 0 Å². The lowest BCUT2D eigenvalue weighted by molar-refractivity contribution is 1.13. The van der Waals surface area contributed by atoms with E-state index in [-0.39, 0.29) is 0 Å². The summed E-state index contributed by atoms with van der Waals surface area (Å²) in [5, 5.41) is 4.52. The van der Waals surface area contributed by atoms with Gasteiger partial charge >= 0.3 is 0 Å².